The first-order valence-corrected chi connectivity index (χ1v) is 15.4. The molecule has 0 N–H and O–H groups in total. The largest absolute Gasteiger partial charge is 0.345 e. The minimum absolute atomic E-state index is 0.0687. The van der Waals surface area contributed by atoms with Crippen molar-refractivity contribution >= 4 is 54.4 Å². The molecule has 0 bridgehead atoms. The van der Waals surface area contributed by atoms with Crippen LogP contribution in [-0.4, -0.2) is 74.0 Å². The Morgan fingerprint density at radius 2 is 1.80 bits per heavy atom. The molecule has 1 saturated heterocycles. The number of rotatable bonds is 9. The Morgan fingerprint density at radius 3 is 2.43 bits per heavy atom. The maximum absolute atomic E-state index is 13.1. The Kier molecular flexibility index (Phi) is 8.36. The lowest BCUT2D eigenvalue weighted by Gasteiger charge is -2.34. The quantitative estimate of drug-likeness (QED) is 0.369. The number of piperazine rings is 1. The van der Waals surface area contributed by atoms with Crippen molar-refractivity contribution in [2.24, 2.45) is 0 Å². The second kappa shape index (κ2) is 11.3. The molecule has 1 fully saturated rings. The van der Waals surface area contributed by atoms with E-state index >= 15 is 0 Å². The summed E-state index contributed by atoms with van der Waals surface area (Å²) in [6.07, 6.45) is 3.83. The molecule has 3 aromatic rings. The zero-order valence-corrected chi connectivity index (χ0v) is 22.9. The summed E-state index contributed by atoms with van der Waals surface area (Å²) in [5, 5.41) is 0.989. The number of thiazole rings is 1. The second-order valence-electron chi connectivity index (χ2n) is 8.48. The zero-order chi connectivity index (χ0) is 25.0. The lowest BCUT2D eigenvalue weighted by atomic mass is 10.2. The lowest BCUT2D eigenvalue weighted by Crippen LogP contribution is -2.48. The highest BCUT2D eigenvalue weighted by atomic mass is 32.2. The molecular formula is C25H32N4O3S3. The summed E-state index contributed by atoms with van der Waals surface area (Å²) >= 11 is 3.41. The Morgan fingerprint density at radius 1 is 1.09 bits per heavy atom. The average molecular weight is 533 g/mol. The minimum Gasteiger partial charge on any atom is -0.345 e. The third-order valence-electron chi connectivity index (χ3n) is 6.27. The number of benzene rings is 2. The van der Waals surface area contributed by atoms with Crippen LogP contribution in [0.2, 0.25) is 0 Å². The fourth-order valence-electron chi connectivity index (χ4n) is 4.14. The van der Waals surface area contributed by atoms with Crippen molar-refractivity contribution in [2.45, 2.75) is 36.5 Å². The Hall–Kier alpha value is -2.14. The van der Waals surface area contributed by atoms with Crippen LogP contribution in [0.4, 0.5) is 5.13 Å². The molecular weight excluding hydrogens is 501 g/mol. The van der Waals surface area contributed by atoms with Gasteiger partial charge in [0.2, 0.25) is 10.0 Å². The van der Waals surface area contributed by atoms with Gasteiger partial charge < -0.3 is 9.80 Å². The number of hydrogen-bond acceptors (Lipinski definition) is 7. The summed E-state index contributed by atoms with van der Waals surface area (Å²) in [6, 6.07) is 12.7. The molecule has 10 heteroatoms. The van der Waals surface area contributed by atoms with Gasteiger partial charge in [0.25, 0.3) is 5.91 Å². The molecule has 7 nitrogen and oxygen atoms in total. The summed E-state index contributed by atoms with van der Waals surface area (Å²) in [6.45, 7) is 7.47. The van der Waals surface area contributed by atoms with Crippen molar-refractivity contribution in [1.82, 2.24) is 14.2 Å². The molecule has 2 aromatic carbocycles. The molecule has 4 rings (SSSR count). The molecule has 1 aliphatic heterocycles. The van der Waals surface area contributed by atoms with Crippen LogP contribution in [0.3, 0.4) is 0 Å². The SMILES string of the molecule is CCCCN(CC)S(=O)(=O)c1ccc(C(=O)N2CCN(c3nc4ccc(SC)cc4s3)CC2)cc1. The van der Waals surface area contributed by atoms with Gasteiger partial charge in [0.15, 0.2) is 5.13 Å². The third-order valence-corrected chi connectivity index (χ3v) is 10.1. The first kappa shape index (κ1) is 25.9. The van der Waals surface area contributed by atoms with E-state index in [4.69, 9.17) is 4.98 Å². The second-order valence-corrected chi connectivity index (χ2v) is 12.3. The normalized spacial score (nSPS) is 14.7. The van der Waals surface area contributed by atoms with E-state index in [9.17, 15) is 13.2 Å². The third kappa shape index (κ3) is 5.66. The van der Waals surface area contributed by atoms with E-state index in [1.54, 1.807) is 47.4 Å². The fraction of sp³-hybridized carbons (Fsp3) is 0.440. The number of carbonyl (C=O) groups excluding carboxylic acids is 1. The number of aromatic nitrogens is 1. The first-order valence-electron chi connectivity index (χ1n) is 12.0. The summed E-state index contributed by atoms with van der Waals surface area (Å²) < 4.78 is 28.6. The van der Waals surface area contributed by atoms with E-state index in [1.165, 1.54) is 13.9 Å². The number of unbranched alkanes of at least 4 members (excludes halogenated alkanes) is 1. The fourth-order valence-corrected chi connectivity index (χ4v) is 7.20. The van der Waals surface area contributed by atoms with Gasteiger partial charge in [-0.3, -0.25) is 4.79 Å². The van der Waals surface area contributed by atoms with E-state index in [0.29, 0.717) is 31.7 Å². The topological polar surface area (TPSA) is 73.8 Å². The average Bonchev–Trinajstić information content (AvgIpc) is 3.32. The van der Waals surface area contributed by atoms with Gasteiger partial charge in [-0.2, -0.15) is 4.31 Å². The van der Waals surface area contributed by atoms with Crippen LogP contribution < -0.4 is 4.90 Å². The van der Waals surface area contributed by atoms with Gasteiger partial charge in [-0.15, -0.1) is 11.8 Å². The van der Waals surface area contributed by atoms with Crippen LogP contribution >= 0.6 is 23.1 Å². The summed E-state index contributed by atoms with van der Waals surface area (Å²) in [4.78, 5) is 23.4. The molecule has 0 spiro atoms. The number of hydrogen-bond donors (Lipinski definition) is 0. The van der Waals surface area contributed by atoms with Crippen LogP contribution in [0.5, 0.6) is 0 Å². The van der Waals surface area contributed by atoms with Crippen molar-refractivity contribution in [3.63, 3.8) is 0 Å². The van der Waals surface area contributed by atoms with Crippen LogP contribution in [-0.2, 0) is 10.0 Å². The highest BCUT2D eigenvalue weighted by Crippen LogP contribution is 2.32. The number of nitrogens with zero attached hydrogens (tertiary/aromatic N) is 4. The van der Waals surface area contributed by atoms with E-state index in [0.717, 1.165) is 36.6 Å². The molecule has 1 aliphatic rings. The van der Waals surface area contributed by atoms with E-state index in [-0.39, 0.29) is 10.8 Å². The maximum atomic E-state index is 13.1. The standard InChI is InChI=1S/C25H32N4O3S3/c1-4-6-13-29(5-2)35(31,32)21-10-7-19(8-11-21)24(30)27-14-16-28(17-15-27)25-26-22-12-9-20(33-3)18-23(22)34-25/h7-12,18H,4-6,13-17H2,1-3H3. The van der Waals surface area contributed by atoms with Crippen molar-refractivity contribution in [2.75, 3.05) is 50.4 Å². The van der Waals surface area contributed by atoms with E-state index in [2.05, 4.69) is 29.4 Å². The molecule has 1 amide bonds. The van der Waals surface area contributed by atoms with Crippen LogP contribution in [0.25, 0.3) is 10.2 Å². The van der Waals surface area contributed by atoms with Gasteiger partial charge in [0, 0.05) is 49.7 Å². The van der Waals surface area contributed by atoms with Gasteiger partial charge in [-0.1, -0.05) is 31.6 Å². The molecule has 0 radical (unpaired) electrons. The summed E-state index contributed by atoms with van der Waals surface area (Å²) in [5.41, 5.74) is 1.52. The minimum atomic E-state index is -3.55. The van der Waals surface area contributed by atoms with Crippen molar-refractivity contribution in [3.05, 3.63) is 48.0 Å². The Bertz CT molecular complexity index is 1270. The Balaban J connectivity index is 1.39. The van der Waals surface area contributed by atoms with Gasteiger partial charge in [0.05, 0.1) is 15.1 Å². The number of carbonyl (C=O) groups is 1. The number of anilines is 1. The molecule has 35 heavy (non-hydrogen) atoms. The molecule has 188 valence electrons. The molecule has 2 heterocycles. The van der Waals surface area contributed by atoms with Crippen LogP contribution in [0, 0.1) is 0 Å². The van der Waals surface area contributed by atoms with Crippen molar-refractivity contribution in [1.29, 1.82) is 0 Å². The number of sulfonamides is 1. The predicted octanol–water partition coefficient (Wildman–Crippen LogP) is 4.79. The van der Waals surface area contributed by atoms with Crippen LogP contribution in [0.15, 0.2) is 52.3 Å². The highest BCUT2D eigenvalue weighted by Gasteiger charge is 2.26. The number of amides is 1. The molecule has 0 saturated carbocycles. The number of thioether (sulfide) groups is 1. The van der Waals surface area contributed by atoms with Gasteiger partial charge in [0.1, 0.15) is 0 Å². The van der Waals surface area contributed by atoms with Crippen molar-refractivity contribution < 1.29 is 13.2 Å². The first-order chi connectivity index (χ1) is 16.9. The van der Waals surface area contributed by atoms with Gasteiger partial charge >= 0.3 is 0 Å². The van der Waals surface area contributed by atoms with E-state index < -0.39 is 10.0 Å². The monoisotopic (exact) mass is 532 g/mol. The summed E-state index contributed by atoms with van der Waals surface area (Å²) in [7, 11) is -3.55. The number of fused-ring (bicyclic) bond motifs is 1. The molecule has 0 atom stereocenters. The zero-order valence-electron chi connectivity index (χ0n) is 20.4. The highest BCUT2D eigenvalue weighted by molar-refractivity contribution is 7.98. The summed E-state index contributed by atoms with van der Waals surface area (Å²) in [5.74, 6) is -0.0687. The lowest BCUT2D eigenvalue weighted by molar-refractivity contribution is 0.0746. The Labute approximate surface area is 216 Å². The van der Waals surface area contributed by atoms with Gasteiger partial charge in [-0.05, 0) is 55.1 Å². The molecule has 0 aliphatic carbocycles. The van der Waals surface area contributed by atoms with Gasteiger partial charge in [-0.25, -0.2) is 13.4 Å². The smallest absolute Gasteiger partial charge is 0.253 e. The molecule has 1 aromatic heterocycles. The molecule has 0 unspecified atom stereocenters. The van der Waals surface area contributed by atoms with Crippen molar-refractivity contribution in [3.8, 4) is 0 Å². The van der Waals surface area contributed by atoms with E-state index in [1.807, 2.05) is 18.7 Å². The predicted molar refractivity (Wildman–Crippen MR) is 145 cm³/mol. The maximum Gasteiger partial charge on any atom is 0.253 e. The van der Waals surface area contributed by atoms with Crippen LogP contribution in [0.1, 0.15) is 37.0 Å².